The molecule has 112 valence electrons. The number of furan rings is 1. The lowest BCUT2D eigenvalue weighted by atomic mass is 10.0. The van der Waals surface area contributed by atoms with Gasteiger partial charge in [-0.25, -0.2) is 0 Å². The van der Waals surface area contributed by atoms with Gasteiger partial charge in [-0.1, -0.05) is 50.3 Å². The Morgan fingerprint density at radius 3 is 2.50 bits per heavy atom. The van der Waals surface area contributed by atoms with Crippen molar-refractivity contribution < 1.29 is 4.42 Å². The van der Waals surface area contributed by atoms with Gasteiger partial charge in [-0.2, -0.15) is 0 Å². The van der Waals surface area contributed by atoms with Crippen LogP contribution in [0.4, 0.5) is 5.69 Å². The molecule has 0 radical (unpaired) electrons. The zero-order valence-electron chi connectivity index (χ0n) is 13.3. The van der Waals surface area contributed by atoms with Crippen LogP contribution in [0.3, 0.4) is 0 Å². The second-order valence-corrected chi connectivity index (χ2v) is 5.95. The Labute approximate surface area is 131 Å². The monoisotopic (exact) mass is 291 g/mol. The number of hydrogen-bond acceptors (Lipinski definition) is 2. The van der Waals surface area contributed by atoms with Crippen molar-refractivity contribution in [2.75, 3.05) is 0 Å². The molecule has 0 fully saturated rings. The predicted octanol–water partition coefficient (Wildman–Crippen LogP) is 6.06. The smallest absolute Gasteiger partial charge is 0.161 e. The fourth-order valence-corrected chi connectivity index (χ4v) is 2.78. The third-order valence-electron chi connectivity index (χ3n) is 3.71. The van der Waals surface area contributed by atoms with Crippen molar-refractivity contribution in [2.45, 2.75) is 27.2 Å². The molecule has 2 nitrogen and oxygen atoms in total. The summed E-state index contributed by atoms with van der Waals surface area (Å²) in [6.45, 7) is 6.44. The van der Waals surface area contributed by atoms with Crippen LogP contribution < -0.4 is 0 Å². The van der Waals surface area contributed by atoms with E-state index >= 15 is 0 Å². The summed E-state index contributed by atoms with van der Waals surface area (Å²) in [5.41, 5.74) is 4.02. The van der Waals surface area contributed by atoms with Crippen LogP contribution >= 0.6 is 0 Å². The van der Waals surface area contributed by atoms with Crippen molar-refractivity contribution in [1.82, 2.24) is 0 Å². The van der Waals surface area contributed by atoms with Crippen LogP contribution in [0.2, 0.25) is 0 Å². The zero-order chi connectivity index (χ0) is 15.5. The van der Waals surface area contributed by atoms with E-state index in [1.807, 2.05) is 31.2 Å². The molecule has 0 amide bonds. The summed E-state index contributed by atoms with van der Waals surface area (Å²) < 4.78 is 6.21. The average Bonchev–Trinajstić information content (AvgIpc) is 2.88. The third kappa shape index (κ3) is 2.69. The first kappa shape index (κ1) is 14.6. The van der Waals surface area contributed by atoms with Gasteiger partial charge in [0, 0.05) is 17.0 Å². The maximum absolute atomic E-state index is 6.21. The number of aliphatic imine (C=N–C) groups is 1. The summed E-state index contributed by atoms with van der Waals surface area (Å²) in [4.78, 5) is 4.50. The van der Waals surface area contributed by atoms with Crippen molar-refractivity contribution in [3.8, 4) is 0 Å². The minimum Gasteiger partial charge on any atom is -0.453 e. The van der Waals surface area contributed by atoms with Crippen molar-refractivity contribution in [1.29, 1.82) is 0 Å². The first-order chi connectivity index (χ1) is 10.7. The molecule has 0 unspecified atom stereocenters. The molecule has 1 aromatic heterocycles. The minimum absolute atomic E-state index is 0.603. The number of fused-ring (bicyclic) bond motifs is 3. The van der Waals surface area contributed by atoms with Gasteiger partial charge in [-0.15, -0.1) is 0 Å². The molecule has 2 aromatic carbocycles. The van der Waals surface area contributed by atoms with Gasteiger partial charge in [0.15, 0.2) is 5.58 Å². The lowest BCUT2D eigenvalue weighted by Gasteiger charge is -2.04. The second kappa shape index (κ2) is 6.18. The summed E-state index contributed by atoms with van der Waals surface area (Å²) in [6.07, 6.45) is 6.71. The number of rotatable bonds is 4. The van der Waals surface area contributed by atoms with E-state index in [-0.39, 0.29) is 0 Å². The van der Waals surface area contributed by atoms with Crippen molar-refractivity contribution >= 4 is 33.8 Å². The molecule has 1 heterocycles. The van der Waals surface area contributed by atoms with Crippen LogP contribution in [-0.2, 0) is 6.42 Å². The highest BCUT2D eigenvalue weighted by Gasteiger charge is 2.13. The molecule has 2 heteroatoms. The number of hydrogen-bond donors (Lipinski definition) is 0. The normalized spacial score (nSPS) is 12.5. The zero-order valence-corrected chi connectivity index (χ0v) is 13.3. The van der Waals surface area contributed by atoms with Gasteiger partial charge in [0.1, 0.15) is 11.3 Å². The van der Waals surface area contributed by atoms with Crippen molar-refractivity contribution in [2.24, 2.45) is 10.9 Å². The fraction of sp³-hybridized carbons (Fsp3) is 0.250. The van der Waals surface area contributed by atoms with Gasteiger partial charge in [0.25, 0.3) is 0 Å². The van der Waals surface area contributed by atoms with E-state index in [9.17, 15) is 0 Å². The fourth-order valence-electron chi connectivity index (χ4n) is 2.78. The lowest BCUT2D eigenvalue weighted by molar-refractivity contribution is 0.624. The first-order valence-electron chi connectivity index (χ1n) is 7.79. The Morgan fingerprint density at radius 2 is 1.77 bits per heavy atom. The third-order valence-corrected chi connectivity index (χ3v) is 3.71. The van der Waals surface area contributed by atoms with E-state index in [4.69, 9.17) is 4.42 Å². The predicted molar refractivity (Wildman–Crippen MR) is 95.2 cm³/mol. The van der Waals surface area contributed by atoms with E-state index in [0.29, 0.717) is 5.92 Å². The highest BCUT2D eigenvalue weighted by atomic mass is 16.3. The average molecular weight is 291 g/mol. The molecular formula is C20H21NO. The number of para-hydroxylation sites is 2. The molecule has 0 spiro atoms. The topological polar surface area (TPSA) is 25.5 Å². The molecule has 0 saturated carbocycles. The number of benzene rings is 2. The lowest BCUT2D eigenvalue weighted by Crippen LogP contribution is -1.93. The van der Waals surface area contributed by atoms with Gasteiger partial charge in [-0.05, 0) is 37.0 Å². The van der Waals surface area contributed by atoms with E-state index in [2.05, 4.69) is 43.1 Å². The van der Waals surface area contributed by atoms with Gasteiger partial charge in [0.05, 0.1) is 0 Å². The summed E-state index contributed by atoms with van der Waals surface area (Å²) in [5, 5.41) is 2.31. The Morgan fingerprint density at radius 1 is 1.05 bits per heavy atom. The SMILES string of the molecule is C/C=C\C=Nc1cccc2c1oc1c(CC(C)C)cccc12. The maximum Gasteiger partial charge on any atom is 0.161 e. The van der Waals surface area contributed by atoms with Crippen LogP contribution in [0.25, 0.3) is 21.9 Å². The molecular weight excluding hydrogens is 270 g/mol. The van der Waals surface area contributed by atoms with E-state index in [0.717, 1.165) is 28.7 Å². The highest BCUT2D eigenvalue weighted by molar-refractivity contribution is 6.09. The van der Waals surface area contributed by atoms with E-state index in [1.54, 1.807) is 6.21 Å². The highest BCUT2D eigenvalue weighted by Crippen LogP contribution is 2.36. The number of nitrogens with zero attached hydrogens (tertiary/aromatic N) is 1. The molecule has 22 heavy (non-hydrogen) atoms. The quantitative estimate of drug-likeness (QED) is 0.536. The van der Waals surface area contributed by atoms with Crippen LogP contribution in [0.5, 0.6) is 0 Å². The molecule has 3 aromatic rings. The van der Waals surface area contributed by atoms with Crippen molar-refractivity contribution in [3.05, 3.63) is 54.1 Å². The molecule has 0 bridgehead atoms. The van der Waals surface area contributed by atoms with Gasteiger partial charge in [-0.3, -0.25) is 4.99 Å². The molecule has 0 aliphatic carbocycles. The van der Waals surface area contributed by atoms with Crippen LogP contribution in [0.15, 0.2) is 58.0 Å². The Hall–Kier alpha value is -2.35. The summed E-state index contributed by atoms with van der Waals surface area (Å²) in [7, 11) is 0. The Kier molecular flexibility index (Phi) is 4.10. The summed E-state index contributed by atoms with van der Waals surface area (Å²) >= 11 is 0. The molecule has 0 saturated heterocycles. The van der Waals surface area contributed by atoms with Crippen molar-refractivity contribution in [3.63, 3.8) is 0 Å². The maximum atomic E-state index is 6.21. The molecule has 0 aliphatic heterocycles. The molecule has 3 rings (SSSR count). The standard InChI is InChI=1S/C20H21NO/c1-4-5-12-21-18-11-7-10-17-16-9-6-8-15(13-14(2)3)19(16)22-20(17)18/h4-12,14H,13H2,1-3H3/b5-4-,21-12?. The van der Waals surface area contributed by atoms with Crippen LogP contribution in [0, 0.1) is 5.92 Å². The molecule has 0 aliphatic rings. The Bertz CT molecular complexity index is 853. The first-order valence-corrected chi connectivity index (χ1v) is 7.79. The van der Waals surface area contributed by atoms with E-state index in [1.165, 1.54) is 10.9 Å². The van der Waals surface area contributed by atoms with Crippen LogP contribution in [-0.4, -0.2) is 6.21 Å². The minimum atomic E-state index is 0.603. The second-order valence-electron chi connectivity index (χ2n) is 5.95. The van der Waals surface area contributed by atoms with E-state index < -0.39 is 0 Å². The largest absolute Gasteiger partial charge is 0.453 e. The molecule has 0 atom stereocenters. The summed E-state index contributed by atoms with van der Waals surface area (Å²) in [6, 6.07) is 12.5. The van der Waals surface area contributed by atoms with Crippen LogP contribution in [0.1, 0.15) is 26.3 Å². The number of allylic oxidation sites excluding steroid dienone is 2. The Balaban J connectivity index is 2.22. The van der Waals surface area contributed by atoms with Gasteiger partial charge < -0.3 is 4.42 Å². The summed E-state index contributed by atoms with van der Waals surface area (Å²) in [5.74, 6) is 0.603. The van der Waals surface area contributed by atoms with Gasteiger partial charge in [0.2, 0.25) is 0 Å². The molecule has 0 N–H and O–H groups in total. The van der Waals surface area contributed by atoms with Gasteiger partial charge >= 0.3 is 0 Å².